The van der Waals surface area contributed by atoms with E-state index in [4.69, 9.17) is 4.98 Å². The Balaban J connectivity index is 1.87. The van der Waals surface area contributed by atoms with Gasteiger partial charge in [0, 0.05) is 33.2 Å². The molecule has 0 bridgehead atoms. The van der Waals surface area contributed by atoms with Gasteiger partial charge in [-0.2, -0.15) is 0 Å². The number of hydrogen-bond donors (Lipinski definition) is 2. The van der Waals surface area contributed by atoms with E-state index in [2.05, 4.69) is 38.0 Å². The number of carbonyl (C=O) groups excluding carboxylic acids is 1. The number of nitrogens with one attached hydrogen (secondary N) is 2. The summed E-state index contributed by atoms with van der Waals surface area (Å²) in [6.45, 7) is 10.6. The summed E-state index contributed by atoms with van der Waals surface area (Å²) >= 11 is 3.20. The Morgan fingerprint density at radius 3 is 2.69 bits per heavy atom. The van der Waals surface area contributed by atoms with E-state index in [1.54, 1.807) is 23.1 Å². The van der Waals surface area contributed by atoms with Gasteiger partial charge in [0.25, 0.3) is 5.56 Å². The molecule has 4 rings (SSSR count). The minimum atomic E-state index is -0.344. The SMILES string of the molecule is Cc1ccc(C2C3=C(CC(C)(C)CC3=O)Nc3nc(SCC(C)C)[nH]c(=O)c32)s1. The molecule has 0 radical (unpaired) electrons. The molecule has 0 amide bonds. The molecule has 2 aromatic rings. The number of hydrogen-bond acceptors (Lipinski definition) is 6. The lowest BCUT2D eigenvalue weighted by Gasteiger charge is -2.38. The van der Waals surface area contributed by atoms with Crippen LogP contribution in [-0.2, 0) is 4.79 Å². The fourth-order valence-corrected chi connectivity index (χ4v) is 5.91. The van der Waals surface area contributed by atoms with Crippen LogP contribution in [0.15, 0.2) is 33.4 Å². The van der Waals surface area contributed by atoms with Crippen molar-refractivity contribution < 1.29 is 4.79 Å². The summed E-state index contributed by atoms with van der Waals surface area (Å²) in [6, 6.07) is 4.09. The van der Waals surface area contributed by atoms with Crippen LogP contribution < -0.4 is 10.9 Å². The monoisotopic (exact) mass is 429 g/mol. The van der Waals surface area contributed by atoms with Gasteiger partial charge in [-0.3, -0.25) is 9.59 Å². The predicted molar refractivity (Wildman–Crippen MR) is 120 cm³/mol. The Morgan fingerprint density at radius 1 is 1.28 bits per heavy atom. The van der Waals surface area contributed by atoms with Crippen LogP contribution in [0.1, 0.15) is 61.8 Å². The first-order valence-corrected chi connectivity index (χ1v) is 11.8. The highest BCUT2D eigenvalue weighted by molar-refractivity contribution is 7.99. The Morgan fingerprint density at radius 2 is 2.03 bits per heavy atom. The van der Waals surface area contributed by atoms with Crippen molar-refractivity contribution in [3.05, 3.63) is 49.1 Å². The number of rotatable bonds is 4. The molecule has 1 aliphatic heterocycles. The van der Waals surface area contributed by atoms with Crippen molar-refractivity contribution in [3.63, 3.8) is 0 Å². The second-order valence-corrected chi connectivity index (χ2v) is 11.5. The molecule has 7 heteroatoms. The highest BCUT2D eigenvalue weighted by Gasteiger charge is 2.42. The average molecular weight is 430 g/mol. The van der Waals surface area contributed by atoms with Crippen molar-refractivity contribution in [2.45, 2.75) is 58.5 Å². The zero-order valence-electron chi connectivity index (χ0n) is 17.5. The lowest BCUT2D eigenvalue weighted by Crippen LogP contribution is -2.36. The van der Waals surface area contributed by atoms with Gasteiger partial charge in [0.15, 0.2) is 10.9 Å². The molecular formula is C22H27N3O2S2. The second-order valence-electron chi connectivity index (χ2n) is 9.18. The van der Waals surface area contributed by atoms with E-state index >= 15 is 0 Å². The molecule has 3 heterocycles. The normalized spacial score (nSPS) is 20.5. The number of anilines is 1. The van der Waals surface area contributed by atoms with Gasteiger partial charge in [-0.1, -0.05) is 39.5 Å². The lowest BCUT2D eigenvalue weighted by atomic mass is 9.70. The third-order valence-corrected chi connectivity index (χ3v) is 7.66. The first-order valence-electron chi connectivity index (χ1n) is 10.0. The van der Waals surface area contributed by atoms with E-state index in [1.165, 1.54) is 4.88 Å². The van der Waals surface area contributed by atoms with Crippen LogP contribution in [0.4, 0.5) is 5.82 Å². The summed E-state index contributed by atoms with van der Waals surface area (Å²) in [5.41, 5.74) is 1.97. The summed E-state index contributed by atoms with van der Waals surface area (Å²) in [6.07, 6.45) is 1.27. The Kier molecular flexibility index (Phi) is 5.23. The van der Waals surface area contributed by atoms with Crippen LogP contribution in [0.2, 0.25) is 0 Å². The molecule has 5 nitrogen and oxygen atoms in total. The van der Waals surface area contributed by atoms with Crippen molar-refractivity contribution in [1.29, 1.82) is 0 Å². The standard InChI is InChI=1S/C22H27N3O2S2/c1-11(2)10-28-21-24-19-18(20(27)25-21)17(15-7-6-12(3)29-15)16-13(23-19)8-22(4,5)9-14(16)26/h6-7,11,17H,8-10H2,1-5H3,(H2,23,24,25,27). The van der Waals surface area contributed by atoms with Crippen molar-refractivity contribution >= 4 is 34.7 Å². The zero-order valence-corrected chi connectivity index (χ0v) is 19.1. The topological polar surface area (TPSA) is 74.8 Å². The Labute approximate surface area is 179 Å². The van der Waals surface area contributed by atoms with Gasteiger partial charge in [-0.25, -0.2) is 4.98 Å². The lowest BCUT2D eigenvalue weighted by molar-refractivity contribution is -0.118. The maximum atomic E-state index is 13.2. The van der Waals surface area contributed by atoms with Crippen LogP contribution in [0.25, 0.3) is 0 Å². The molecule has 2 aromatic heterocycles. The zero-order chi connectivity index (χ0) is 20.9. The number of aromatic amines is 1. The van der Waals surface area contributed by atoms with Crippen molar-refractivity contribution in [3.8, 4) is 0 Å². The molecule has 0 spiro atoms. The summed E-state index contributed by atoms with van der Waals surface area (Å²) in [4.78, 5) is 36.2. The highest BCUT2D eigenvalue weighted by atomic mass is 32.2. The van der Waals surface area contributed by atoms with Crippen LogP contribution >= 0.6 is 23.1 Å². The Hall–Kier alpha value is -1.86. The molecule has 0 aromatic carbocycles. The van der Waals surface area contributed by atoms with Gasteiger partial charge < -0.3 is 10.3 Å². The number of thiophene rings is 1. The third-order valence-electron chi connectivity index (χ3n) is 5.30. The maximum absolute atomic E-state index is 13.2. The van der Waals surface area contributed by atoms with Crippen molar-refractivity contribution in [1.82, 2.24) is 9.97 Å². The van der Waals surface area contributed by atoms with Crippen LogP contribution in [0.3, 0.4) is 0 Å². The maximum Gasteiger partial charge on any atom is 0.257 e. The summed E-state index contributed by atoms with van der Waals surface area (Å²) in [5.74, 6) is 1.77. The number of nitrogens with zero attached hydrogens (tertiary/aromatic N) is 1. The van der Waals surface area contributed by atoms with Gasteiger partial charge in [-0.15, -0.1) is 11.3 Å². The van der Waals surface area contributed by atoms with Crippen LogP contribution in [0.5, 0.6) is 0 Å². The summed E-state index contributed by atoms with van der Waals surface area (Å²) < 4.78 is 0. The molecular weight excluding hydrogens is 402 g/mol. The van der Waals surface area contributed by atoms with Crippen molar-refractivity contribution in [2.75, 3.05) is 11.1 Å². The third kappa shape index (κ3) is 3.94. The fourth-order valence-electron chi connectivity index (χ4n) is 4.10. The average Bonchev–Trinajstić information content (AvgIpc) is 3.03. The molecule has 29 heavy (non-hydrogen) atoms. The molecule has 2 aliphatic rings. The number of ketones is 1. The van der Waals surface area contributed by atoms with Gasteiger partial charge in [0.05, 0.1) is 11.5 Å². The number of fused-ring (bicyclic) bond motifs is 1. The first kappa shape index (κ1) is 20.4. The van der Waals surface area contributed by atoms with E-state index in [9.17, 15) is 9.59 Å². The summed E-state index contributed by atoms with van der Waals surface area (Å²) in [5, 5.41) is 4.01. The molecule has 0 saturated carbocycles. The van der Waals surface area contributed by atoms with E-state index < -0.39 is 0 Å². The quantitative estimate of drug-likeness (QED) is 0.523. The molecule has 0 saturated heterocycles. The van der Waals surface area contributed by atoms with Gasteiger partial charge in [0.1, 0.15) is 5.82 Å². The molecule has 1 aliphatic carbocycles. The summed E-state index contributed by atoms with van der Waals surface area (Å²) in [7, 11) is 0. The first-order chi connectivity index (χ1) is 13.6. The highest BCUT2D eigenvalue weighted by Crippen LogP contribution is 2.48. The van der Waals surface area contributed by atoms with E-state index in [-0.39, 0.29) is 22.7 Å². The molecule has 1 atom stereocenters. The smallest absolute Gasteiger partial charge is 0.257 e. The number of allylic oxidation sites excluding steroid dienone is 2. The second kappa shape index (κ2) is 7.43. The fraction of sp³-hybridized carbons (Fsp3) is 0.500. The number of aromatic nitrogens is 2. The molecule has 1 unspecified atom stereocenters. The predicted octanol–water partition coefficient (Wildman–Crippen LogP) is 5.09. The van der Waals surface area contributed by atoms with Gasteiger partial charge >= 0.3 is 0 Å². The van der Waals surface area contributed by atoms with E-state index in [1.807, 2.05) is 19.1 Å². The minimum absolute atomic E-state index is 0.104. The molecule has 2 N–H and O–H groups in total. The van der Waals surface area contributed by atoms with Gasteiger partial charge in [-0.05, 0) is 36.8 Å². The van der Waals surface area contributed by atoms with Crippen LogP contribution in [-0.4, -0.2) is 21.5 Å². The number of aryl methyl sites for hydroxylation is 1. The number of thioether (sulfide) groups is 1. The van der Waals surface area contributed by atoms with Gasteiger partial charge in [0.2, 0.25) is 0 Å². The van der Waals surface area contributed by atoms with E-state index in [0.29, 0.717) is 28.9 Å². The Bertz CT molecular complexity index is 1060. The molecule has 0 fully saturated rings. The number of carbonyl (C=O) groups is 1. The molecule has 154 valence electrons. The largest absolute Gasteiger partial charge is 0.343 e. The van der Waals surface area contributed by atoms with Crippen LogP contribution in [0, 0.1) is 18.3 Å². The van der Waals surface area contributed by atoms with E-state index in [0.717, 1.165) is 28.3 Å². The number of H-pyrrole nitrogens is 1. The van der Waals surface area contributed by atoms with Crippen molar-refractivity contribution in [2.24, 2.45) is 11.3 Å². The minimum Gasteiger partial charge on any atom is -0.343 e. The number of Topliss-reactive ketones (excluding diaryl/α,β-unsaturated/α-hetero) is 1.